The van der Waals surface area contributed by atoms with Crippen LogP contribution >= 0.6 is 0 Å². The van der Waals surface area contributed by atoms with Crippen LogP contribution in [0.25, 0.3) is 10.9 Å². The first kappa shape index (κ1) is 18.4. The molecule has 0 atom stereocenters. The number of carbonyl (C=O) groups excluding carboxylic acids is 1. The number of pyridine rings is 1. The Morgan fingerprint density at radius 2 is 1.85 bits per heavy atom. The average Bonchev–Trinajstić information content (AvgIpc) is 3.16. The molecule has 2 aliphatic rings. The van der Waals surface area contributed by atoms with Crippen LogP contribution in [0.2, 0.25) is 0 Å². The summed E-state index contributed by atoms with van der Waals surface area (Å²) in [6.45, 7) is 7.49. The molecule has 0 radical (unpaired) electrons. The van der Waals surface area contributed by atoms with Gasteiger partial charge < -0.3 is 10.2 Å². The predicted molar refractivity (Wildman–Crippen MR) is 110 cm³/mol. The molecule has 1 amide bonds. The molecular formula is C23H31N3O. The zero-order chi connectivity index (χ0) is 18.8. The summed E-state index contributed by atoms with van der Waals surface area (Å²) < 4.78 is 0. The summed E-state index contributed by atoms with van der Waals surface area (Å²) in [6, 6.07) is 8.34. The lowest BCUT2D eigenvalue weighted by atomic mass is 10.0. The molecule has 1 N–H and O–H groups in total. The van der Waals surface area contributed by atoms with E-state index >= 15 is 0 Å². The fourth-order valence-electron chi connectivity index (χ4n) is 4.74. The van der Waals surface area contributed by atoms with E-state index in [-0.39, 0.29) is 11.9 Å². The van der Waals surface area contributed by atoms with E-state index < -0.39 is 0 Å². The van der Waals surface area contributed by atoms with Crippen LogP contribution in [0.4, 0.5) is 0 Å². The number of hydrogen-bond donors (Lipinski definition) is 1. The van der Waals surface area contributed by atoms with E-state index in [9.17, 15) is 4.79 Å². The summed E-state index contributed by atoms with van der Waals surface area (Å²) in [5.74, 6) is 0.955. The monoisotopic (exact) mass is 365 g/mol. The summed E-state index contributed by atoms with van der Waals surface area (Å²) in [7, 11) is 0. The first-order valence-electron chi connectivity index (χ1n) is 10.5. The lowest BCUT2D eigenvalue weighted by Gasteiger charge is -2.33. The van der Waals surface area contributed by atoms with Gasteiger partial charge in [0, 0.05) is 36.8 Å². The number of carbonyl (C=O) groups is 1. The van der Waals surface area contributed by atoms with E-state index in [0.29, 0.717) is 0 Å². The van der Waals surface area contributed by atoms with E-state index in [1.807, 2.05) is 19.1 Å². The SMILES string of the molecule is Cc1ccc2nc(C)cc(C(=O)NC3CCN(CC4CCCC4)CC3)c2c1. The molecule has 0 spiro atoms. The highest BCUT2D eigenvalue weighted by Gasteiger charge is 2.25. The maximum atomic E-state index is 13.0. The van der Waals surface area contributed by atoms with Gasteiger partial charge in [0.05, 0.1) is 11.1 Å². The van der Waals surface area contributed by atoms with Gasteiger partial charge in [-0.2, -0.15) is 0 Å². The molecule has 144 valence electrons. The van der Waals surface area contributed by atoms with Gasteiger partial charge in [0.1, 0.15) is 0 Å². The number of benzene rings is 1. The van der Waals surface area contributed by atoms with Crippen molar-refractivity contribution in [1.29, 1.82) is 0 Å². The Kier molecular flexibility index (Phi) is 5.44. The van der Waals surface area contributed by atoms with Crippen molar-refractivity contribution in [3.8, 4) is 0 Å². The highest BCUT2D eigenvalue weighted by Crippen LogP contribution is 2.27. The molecule has 0 unspecified atom stereocenters. The minimum atomic E-state index is 0.0466. The highest BCUT2D eigenvalue weighted by atomic mass is 16.1. The minimum Gasteiger partial charge on any atom is -0.349 e. The van der Waals surface area contributed by atoms with E-state index in [4.69, 9.17) is 0 Å². The minimum absolute atomic E-state index is 0.0466. The smallest absolute Gasteiger partial charge is 0.252 e. The summed E-state index contributed by atoms with van der Waals surface area (Å²) in [4.78, 5) is 20.2. The van der Waals surface area contributed by atoms with Gasteiger partial charge >= 0.3 is 0 Å². The topological polar surface area (TPSA) is 45.2 Å². The number of aromatic nitrogens is 1. The molecule has 1 saturated carbocycles. The number of piperidine rings is 1. The highest BCUT2D eigenvalue weighted by molar-refractivity contribution is 6.06. The maximum Gasteiger partial charge on any atom is 0.252 e. The van der Waals surface area contributed by atoms with Gasteiger partial charge in [-0.1, -0.05) is 24.5 Å². The van der Waals surface area contributed by atoms with Crippen LogP contribution in [-0.2, 0) is 0 Å². The molecule has 1 saturated heterocycles. The molecule has 4 heteroatoms. The van der Waals surface area contributed by atoms with Crippen LogP contribution in [-0.4, -0.2) is 41.5 Å². The quantitative estimate of drug-likeness (QED) is 0.882. The molecule has 1 aliphatic heterocycles. The molecular weight excluding hydrogens is 334 g/mol. The summed E-state index contributed by atoms with van der Waals surface area (Å²) in [5.41, 5.74) is 3.71. The summed E-state index contributed by atoms with van der Waals surface area (Å²) in [6.07, 6.45) is 7.75. The number of rotatable bonds is 4. The number of amides is 1. The van der Waals surface area contributed by atoms with Gasteiger partial charge in [-0.05, 0) is 63.6 Å². The van der Waals surface area contributed by atoms with Gasteiger partial charge in [0.2, 0.25) is 0 Å². The Hall–Kier alpha value is -1.94. The van der Waals surface area contributed by atoms with Crippen LogP contribution in [0.3, 0.4) is 0 Å². The number of likely N-dealkylation sites (tertiary alicyclic amines) is 1. The van der Waals surface area contributed by atoms with Crippen LogP contribution in [0.5, 0.6) is 0 Å². The number of fused-ring (bicyclic) bond motifs is 1. The van der Waals surface area contributed by atoms with Crippen molar-refractivity contribution in [3.05, 3.63) is 41.1 Å². The third kappa shape index (κ3) is 4.32. The van der Waals surface area contributed by atoms with Crippen molar-refractivity contribution in [2.45, 2.75) is 58.4 Å². The molecule has 2 heterocycles. The Morgan fingerprint density at radius 3 is 2.59 bits per heavy atom. The molecule has 27 heavy (non-hydrogen) atoms. The van der Waals surface area contributed by atoms with Crippen molar-refractivity contribution in [2.75, 3.05) is 19.6 Å². The van der Waals surface area contributed by atoms with Gasteiger partial charge in [-0.25, -0.2) is 0 Å². The second-order valence-electron chi connectivity index (χ2n) is 8.53. The number of nitrogens with one attached hydrogen (secondary N) is 1. The van der Waals surface area contributed by atoms with E-state index in [0.717, 1.165) is 59.6 Å². The van der Waals surface area contributed by atoms with E-state index in [1.165, 1.54) is 32.2 Å². The fraction of sp³-hybridized carbons (Fsp3) is 0.565. The van der Waals surface area contributed by atoms with Crippen LogP contribution in [0, 0.1) is 19.8 Å². The van der Waals surface area contributed by atoms with Crippen molar-refractivity contribution in [1.82, 2.24) is 15.2 Å². The molecule has 4 rings (SSSR count). The second kappa shape index (κ2) is 7.97. The Bertz CT molecular complexity index is 818. The maximum absolute atomic E-state index is 13.0. The number of aryl methyl sites for hydroxylation is 2. The lowest BCUT2D eigenvalue weighted by Crippen LogP contribution is -2.45. The first-order valence-corrected chi connectivity index (χ1v) is 10.5. The molecule has 1 aromatic heterocycles. The van der Waals surface area contributed by atoms with Gasteiger partial charge in [0.15, 0.2) is 0 Å². The van der Waals surface area contributed by atoms with Gasteiger partial charge in [0.25, 0.3) is 5.91 Å². The molecule has 1 aliphatic carbocycles. The standard InChI is InChI=1S/C23H31N3O/c1-16-7-8-22-20(13-16)21(14-17(2)24-22)23(27)25-19-9-11-26(12-10-19)15-18-5-3-4-6-18/h7-8,13-14,18-19H,3-6,9-12,15H2,1-2H3,(H,25,27). The average molecular weight is 366 g/mol. The lowest BCUT2D eigenvalue weighted by molar-refractivity contribution is 0.0907. The second-order valence-corrected chi connectivity index (χ2v) is 8.53. The van der Waals surface area contributed by atoms with E-state index in [1.54, 1.807) is 0 Å². The third-order valence-electron chi connectivity index (χ3n) is 6.25. The van der Waals surface area contributed by atoms with Crippen LogP contribution in [0.1, 0.15) is 60.1 Å². The Balaban J connectivity index is 1.40. The fourth-order valence-corrected chi connectivity index (χ4v) is 4.74. The van der Waals surface area contributed by atoms with Gasteiger partial charge in [-0.15, -0.1) is 0 Å². The van der Waals surface area contributed by atoms with E-state index in [2.05, 4.69) is 34.3 Å². The third-order valence-corrected chi connectivity index (χ3v) is 6.25. The normalized spacial score (nSPS) is 19.6. The van der Waals surface area contributed by atoms with Crippen LogP contribution in [0.15, 0.2) is 24.3 Å². The molecule has 0 bridgehead atoms. The predicted octanol–water partition coefficient (Wildman–Crippen LogP) is 4.24. The van der Waals surface area contributed by atoms with Crippen molar-refractivity contribution >= 4 is 16.8 Å². The molecule has 4 nitrogen and oxygen atoms in total. The molecule has 2 aromatic rings. The zero-order valence-electron chi connectivity index (χ0n) is 16.6. The molecule has 2 fully saturated rings. The summed E-state index contributed by atoms with van der Waals surface area (Å²) in [5, 5.41) is 4.25. The van der Waals surface area contributed by atoms with Gasteiger partial charge in [-0.3, -0.25) is 9.78 Å². The Labute approximate surface area is 162 Å². The largest absolute Gasteiger partial charge is 0.349 e. The number of hydrogen-bond acceptors (Lipinski definition) is 3. The van der Waals surface area contributed by atoms with Crippen molar-refractivity contribution in [3.63, 3.8) is 0 Å². The van der Waals surface area contributed by atoms with Crippen molar-refractivity contribution in [2.24, 2.45) is 5.92 Å². The molecule has 1 aromatic carbocycles. The summed E-state index contributed by atoms with van der Waals surface area (Å²) >= 11 is 0. The van der Waals surface area contributed by atoms with Crippen molar-refractivity contribution < 1.29 is 4.79 Å². The zero-order valence-corrected chi connectivity index (χ0v) is 16.6. The first-order chi connectivity index (χ1) is 13.1. The van der Waals surface area contributed by atoms with Crippen LogP contribution < -0.4 is 5.32 Å². The number of nitrogens with zero attached hydrogens (tertiary/aromatic N) is 2. The Morgan fingerprint density at radius 1 is 1.11 bits per heavy atom.